The Bertz CT molecular complexity index is 434. The summed E-state index contributed by atoms with van der Waals surface area (Å²) >= 11 is 5.67. The summed E-state index contributed by atoms with van der Waals surface area (Å²) in [5, 5.41) is 9.14. The molecule has 0 aliphatic carbocycles. The van der Waals surface area contributed by atoms with E-state index in [0.29, 0.717) is 4.90 Å². The van der Waals surface area contributed by atoms with Crippen molar-refractivity contribution in [2.24, 2.45) is 0 Å². The number of rotatable bonds is 2. The molecule has 0 spiro atoms. The van der Waals surface area contributed by atoms with Gasteiger partial charge in [-0.05, 0) is 18.2 Å². The number of carbonyl (C=O) groups is 1. The van der Waals surface area contributed by atoms with Gasteiger partial charge in [0, 0.05) is 7.05 Å². The first-order valence-corrected chi connectivity index (χ1v) is 4.89. The molecule has 1 rings (SSSR count). The van der Waals surface area contributed by atoms with Crippen molar-refractivity contribution in [3.63, 3.8) is 0 Å². The lowest BCUT2D eigenvalue weighted by molar-refractivity contribution is -0.138. The fraction of sp³-hybridized carbons (Fsp3) is 0.300. The summed E-state index contributed by atoms with van der Waals surface area (Å²) in [5.41, 5.74) is -0.168. The number of benzene rings is 1. The van der Waals surface area contributed by atoms with Gasteiger partial charge in [-0.1, -0.05) is 11.6 Å². The van der Waals surface area contributed by atoms with Crippen molar-refractivity contribution in [1.29, 1.82) is 0 Å². The highest BCUT2D eigenvalue weighted by atomic mass is 35.5. The zero-order valence-electron chi connectivity index (χ0n) is 8.75. The first-order chi connectivity index (χ1) is 7.70. The van der Waals surface area contributed by atoms with Gasteiger partial charge in [-0.25, -0.2) is 0 Å². The zero-order chi connectivity index (χ0) is 13.2. The second kappa shape index (κ2) is 4.83. The average Bonchev–Trinajstić information content (AvgIpc) is 2.18. The van der Waals surface area contributed by atoms with E-state index < -0.39 is 18.6 Å². The van der Waals surface area contributed by atoms with E-state index in [0.717, 1.165) is 13.1 Å². The first kappa shape index (κ1) is 13.6. The minimum atomic E-state index is -4.48. The normalized spacial score (nSPS) is 11.4. The number of hydrogen-bond acceptors (Lipinski definition) is 2. The summed E-state index contributed by atoms with van der Waals surface area (Å²) in [6, 6.07) is 3.51. The lowest BCUT2D eigenvalue weighted by Gasteiger charge is -2.19. The van der Waals surface area contributed by atoms with Gasteiger partial charge in [-0.2, -0.15) is 13.2 Å². The van der Waals surface area contributed by atoms with Crippen molar-refractivity contribution in [3.05, 3.63) is 28.8 Å². The highest BCUT2D eigenvalue weighted by Crippen LogP contribution is 2.23. The minimum Gasteiger partial charge on any atom is -0.508 e. The van der Waals surface area contributed by atoms with Gasteiger partial charge in [0.15, 0.2) is 0 Å². The summed E-state index contributed by atoms with van der Waals surface area (Å²) in [5.74, 6) is -1.14. The molecule has 1 amide bonds. The molecule has 3 nitrogen and oxygen atoms in total. The van der Waals surface area contributed by atoms with Gasteiger partial charge in [0.25, 0.3) is 5.91 Å². The molecule has 0 radical (unpaired) electrons. The number of carbonyl (C=O) groups excluding carboxylic acids is 1. The molecule has 0 unspecified atom stereocenters. The van der Waals surface area contributed by atoms with E-state index in [-0.39, 0.29) is 16.3 Å². The van der Waals surface area contributed by atoms with E-state index in [1.54, 1.807) is 0 Å². The summed E-state index contributed by atoms with van der Waals surface area (Å²) in [7, 11) is 1.01. The smallest absolute Gasteiger partial charge is 0.406 e. The lowest BCUT2D eigenvalue weighted by atomic mass is 10.2. The van der Waals surface area contributed by atoms with Crippen LogP contribution in [0.2, 0.25) is 5.02 Å². The van der Waals surface area contributed by atoms with E-state index in [2.05, 4.69) is 0 Å². The predicted molar refractivity (Wildman–Crippen MR) is 56.1 cm³/mol. The summed E-state index contributed by atoms with van der Waals surface area (Å²) < 4.78 is 36.3. The van der Waals surface area contributed by atoms with Gasteiger partial charge < -0.3 is 10.0 Å². The van der Waals surface area contributed by atoms with Crippen molar-refractivity contribution in [1.82, 2.24) is 4.90 Å². The molecule has 0 saturated heterocycles. The van der Waals surface area contributed by atoms with E-state index >= 15 is 0 Å². The van der Waals surface area contributed by atoms with Crippen LogP contribution in [0.1, 0.15) is 10.4 Å². The van der Waals surface area contributed by atoms with Gasteiger partial charge in [-0.15, -0.1) is 0 Å². The third-order valence-electron chi connectivity index (χ3n) is 1.94. The van der Waals surface area contributed by atoms with Crippen LogP contribution in [0.4, 0.5) is 13.2 Å². The molecule has 1 N–H and O–H groups in total. The van der Waals surface area contributed by atoms with Crippen LogP contribution in [0, 0.1) is 0 Å². The molecule has 0 heterocycles. The van der Waals surface area contributed by atoms with Crippen molar-refractivity contribution in [2.75, 3.05) is 13.6 Å². The number of hydrogen-bond donors (Lipinski definition) is 1. The Morgan fingerprint density at radius 3 is 2.59 bits per heavy atom. The number of nitrogens with zero attached hydrogens (tertiary/aromatic N) is 1. The Balaban J connectivity index is 2.93. The maximum atomic E-state index is 12.1. The molecule has 17 heavy (non-hydrogen) atoms. The topological polar surface area (TPSA) is 40.5 Å². The van der Waals surface area contributed by atoms with Crippen LogP contribution >= 0.6 is 11.6 Å². The first-order valence-electron chi connectivity index (χ1n) is 4.51. The van der Waals surface area contributed by atoms with Crippen LogP contribution in [-0.2, 0) is 0 Å². The van der Waals surface area contributed by atoms with Gasteiger partial charge in [0.2, 0.25) is 0 Å². The van der Waals surface area contributed by atoms with Crippen LogP contribution < -0.4 is 0 Å². The van der Waals surface area contributed by atoms with E-state index in [1.165, 1.54) is 12.1 Å². The number of alkyl halides is 3. The van der Waals surface area contributed by atoms with E-state index in [4.69, 9.17) is 16.7 Å². The predicted octanol–water partition coefficient (Wildman–Crippen LogP) is 2.68. The second-order valence-corrected chi connectivity index (χ2v) is 3.85. The Morgan fingerprint density at radius 1 is 1.47 bits per heavy atom. The monoisotopic (exact) mass is 267 g/mol. The number of amides is 1. The van der Waals surface area contributed by atoms with Gasteiger partial charge in [0.05, 0.1) is 10.6 Å². The van der Waals surface area contributed by atoms with Gasteiger partial charge in [-0.3, -0.25) is 4.79 Å². The largest absolute Gasteiger partial charge is 0.508 e. The van der Waals surface area contributed by atoms with Crippen molar-refractivity contribution in [2.45, 2.75) is 6.18 Å². The highest BCUT2D eigenvalue weighted by Gasteiger charge is 2.32. The van der Waals surface area contributed by atoms with Crippen LogP contribution in [0.5, 0.6) is 5.75 Å². The van der Waals surface area contributed by atoms with E-state index in [9.17, 15) is 18.0 Å². The second-order valence-electron chi connectivity index (χ2n) is 3.44. The third kappa shape index (κ3) is 3.81. The summed E-state index contributed by atoms with van der Waals surface area (Å²) in [4.78, 5) is 12.1. The van der Waals surface area contributed by atoms with Gasteiger partial charge in [0.1, 0.15) is 12.3 Å². The Morgan fingerprint density at radius 2 is 2.06 bits per heavy atom. The molecule has 0 atom stereocenters. The number of halogens is 4. The molecule has 1 aromatic carbocycles. The fourth-order valence-electron chi connectivity index (χ4n) is 1.22. The quantitative estimate of drug-likeness (QED) is 0.895. The van der Waals surface area contributed by atoms with Crippen LogP contribution in [0.15, 0.2) is 18.2 Å². The van der Waals surface area contributed by atoms with E-state index in [1.807, 2.05) is 0 Å². The third-order valence-corrected chi connectivity index (χ3v) is 2.27. The summed E-state index contributed by atoms with van der Waals surface area (Å²) in [6.45, 7) is -1.38. The highest BCUT2D eigenvalue weighted by molar-refractivity contribution is 6.33. The van der Waals surface area contributed by atoms with Crippen LogP contribution in [0.3, 0.4) is 0 Å². The van der Waals surface area contributed by atoms with Crippen LogP contribution in [-0.4, -0.2) is 35.7 Å². The fourth-order valence-corrected chi connectivity index (χ4v) is 1.42. The molecule has 0 bridgehead atoms. The lowest BCUT2D eigenvalue weighted by Crippen LogP contribution is -2.35. The maximum absolute atomic E-state index is 12.1. The maximum Gasteiger partial charge on any atom is 0.406 e. The standard InChI is InChI=1S/C10H9ClF3NO2/c1-15(5-10(12,13)14)9(17)7-4-6(16)2-3-8(7)11/h2-4,16H,5H2,1H3. The molecule has 0 fully saturated rings. The molecular formula is C10H9ClF3NO2. The van der Waals surface area contributed by atoms with Crippen LogP contribution in [0.25, 0.3) is 0 Å². The number of phenols is 1. The Kier molecular flexibility index (Phi) is 3.87. The molecular weight excluding hydrogens is 259 g/mol. The average molecular weight is 268 g/mol. The molecule has 0 aliphatic heterocycles. The number of aromatic hydroxyl groups is 1. The minimum absolute atomic E-state index is 0.0122. The molecule has 1 aromatic rings. The molecule has 7 heteroatoms. The molecule has 0 aliphatic rings. The SMILES string of the molecule is CN(CC(F)(F)F)C(=O)c1cc(O)ccc1Cl. The van der Waals surface area contributed by atoms with Gasteiger partial charge >= 0.3 is 6.18 Å². The number of phenolic OH excluding ortho intramolecular Hbond substituents is 1. The summed E-state index contributed by atoms with van der Waals surface area (Å²) in [6.07, 6.45) is -4.48. The Labute approximate surface area is 100 Å². The van der Waals surface area contributed by atoms with Crippen molar-refractivity contribution >= 4 is 17.5 Å². The van der Waals surface area contributed by atoms with Crippen molar-refractivity contribution in [3.8, 4) is 5.75 Å². The Hall–Kier alpha value is -1.43. The molecule has 0 aromatic heterocycles. The zero-order valence-corrected chi connectivity index (χ0v) is 9.51. The molecule has 94 valence electrons. The van der Waals surface area contributed by atoms with Crippen molar-refractivity contribution < 1.29 is 23.1 Å². The molecule has 0 saturated carbocycles.